The molecule has 1 saturated heterocycles. The Balaban J connectivity index is 2.16. The lowest BCUT2D eigenvalue weighted by Crippen LogP contribution is -2.38. The summed E-state index contributed by atoms with van der Waals surface area (Å²) in [7, 11) is 0. The van der Waals surface area contributed by atoms with E-state index in [1.54, 1.807) is 0 Å². The molecule has 1 aliphatic heterocycles. The van der Waals surface area contributed by atoms with Crippen molar-refractivity contribution in [1.29, 1.82) is 5.26 Å². The molecular weight excluding hydrogens is 324 g/mol. The molecule has 4 rings (SSSR count). The number of rotatable bonds is 2. The summed E-state index contributed by atoms with van der Waals surface area (Å²) in [6.07, 6.45) is 0.753. The third-order valence-electron chi connectivity index (χ3n) is 4.53. The summed E-state index contributed by atoms with van der Waals surface area (Å²) in [5.74, 6) is 1.04. The lowest BCUT2D eigenvalue weighted by atomic mass is 10.1. The number of hydrogen-bond donors (Lipinski definition) is 0. The van der Waals surface area contributed by atoms with Crippen molar-refractivity contribution in [3.05, 3.63) is 40.4 Å². The zero-order chi connectivity index (χ0) is 16.7. The van der Waals surface area contributed by atoms with E-state index >= 15 is 0 Å². The maximum atomic E-state index is 9.64. The first-order chi connectivity index (χ1) is 11.8. The maximum Gasteiger partial charge on any atom is 0.159 e. The number of para-hydroxylation sites is 2. The molecule has 0 spiro atoms. The van der Waals surface area contributed by atoms with Gasteiger partial charge in [0.1, 0.15) is 17.5 Å². The van der Waals surface area contributed by atoms with Crippen LogP contribution in [0, 0.1) is 11.3 Å². The van der Waals surface area contributed by atoms with Crippen molar-refractivity contribution in [2.45, 2.75) is 13.3 Å². The van der Waals surface area contributed by atoms with E-state index in [4.69, 9.17) is 16.3 Å². The van der Waals surface area contributed by atoms with Crippen LogP contribution in [0.5, 0.6) is 0 Å². The summed E-state index contributed by atoms with van der Waals surface area (Å²) in [5.41, 5.74) is 3.93. The Hall–Kier alpha value is -2.29. The Bertz CT molecular complexity index is 967. The number of nitriles is 1. The molecule has 1 aliphatic rings. The molecule has 1 aromatic carbocycles. The smallest absolute Gasteiger partial charge is 0.159 e. The molecule has 24 heavy (non-hydrogen) atoms. The monoisotopic (exact) mass is 340 g/mol. The number of imidazole rings is 1. The van der Waals surface area contributed by atoms with Crippen molar-refractivity contribution in [1.82, 2.24) is 9.38 Å². The van der Waals surface area contributed by atoms with Gasteiger partial charge in [0.15, 0.2) is 5.65 Å². The van der Waals surface area contributed by atoms with Gasteiger partial charge in [-0.25, -0.2) is 4.98 Å². The van der Waals surface area contributed by atoms with Crippen molar-refractivity contribution in [3.63, 3.8) is 0 Å². The number of pyridine rings is 1. The minimum absolute atomic E-state index is 0.446. The minimum atomic E-state index is 0.446. The highest BCUT2D eigenvalue weighted by atomic mass is 35.5. The number of halogens is 1. The predicted octanol–water partition coefficient (Wildman–Crippen LogP) is 3.41. The summed E-state index contributed by atoms with van der Waals surface area (Å²) < 4.78 is 7.59. The van der Waals surface area contributed by atoms with Crippen LogP contribution < -0.4 is 4.90 Å². The molecule has 0 N–H and O–H groups in total. The van der Waals surface area contributed by atoms with Gasteiger partial charge in [0.25, 0.3) is 0 Å². The van der Waals surface area contributed by atoms with Crippen molar-refractivity contribution < 1.29 is 4.74 Å². The molecule has 5 nitrogen and oxygen atoms in total. The van der Waals surface area contributed by atoms with E-state index in [0.717, 1.165) is 41.9 Å². The fraction of sp³-hybridized carbons (Fsp3) is 0.333. The van der Waals surface area contributed by atoms with Gasteiger partial charge >= 0.3 is 0 Å². The lowest BCUT2D eigenvalue weighted by molar-refractivity contribution is 0.122. The molecule has 0 aliphatic carbocycles. The van der Waals surface area contributed by atoms with E-state index in [0.29, 0.717) is 29.4 Å². The van der Waals surface area contributed by atoms with E-state index in [-0.39, 0.29) is 0 Å². The molecule has 0 radical (unpaired) electrons. The first kappa shape index (κ1) is 15.3. The summed E-state index contributed by atoms with van der Waals surface area (Å²) in [5, 5.41) is 10.2. The lowest BCUT2D eigenvalue weighted by Gasteiger charge is -2.32. The first-order valence-corrected chi connectivity index (χ1v) is 8.48. The van der Waals surface area contributed by atoms with E-state index in [2.05, 4.69) is 27.3 Å². The highest BCUT2D eigenvalue weighted by Crippen LogP contribution is 2.36. The molecule has 0 bridgehead atoms. The molecule has 0 unspecified atom stereocenters. The van der Waals surface area contributed by atoms with Crippen molar-refractivity contribution in [2.75, 3.05) is 31.2 Å². The standard InChI is InChI=1S/C18H17ClN4O/c1-2-12-16(19)13(11-20)17-21-14-5-3-4-6-15(14)23(17)18(12)22-7-9-24-10-8-22/h3-6H,2,7-10H2,1H3. The van der Waals surface area contributed by atoms with Crippen molar-refractivity contribution >= 4 is 34.1 Å². The van der Waals surface area contributed by atoms with Gasteiger partial charge in [-0.05, 0) is 18.6 Å². The highest BCUT2D eigenvalue weighted by Gasteiger charge is 2.25. The van der Waals surface area contributed by atoms with Crippen LogP contribution in [0.2, 0.25) is 5.02 Å². The second kappa shape index (κ2) is 5.97. The van der Waals surface area contributed by atoms with Crippen LogP contribution in [0.25, 0.3) is 16.7 Å². The van der Waals surface area contributed by atoms with Gasteiger partial charge in [0.2, 0.25) is 0 Å². The Morgan fingerprint density at radius 2 is 2.04 bits per heavy atom. The number of fused-ring (bicyclic) bond motifs is 3. The zero-order valence-electron chi connectivity index (χ0n) is 13.4. The SMILES string of the molecule is CCc1c(Cl)c(C#N)c2nc3ccccc3n2c1N1CCOCC1. The average molecular weight is 341 g/mol. The van der Waals surface area contributed by atoms with Crippen LogP contribution >= 0.6 is 11.6 Å². The molecule has 122 valence electrons. The molecule has 6 heteroatoms. The van der Waals surface area contributed by atoms with Crippen LogP contribution in [0.4, 0.5) is 5.82 Å². The number of anilines is 1. The van der Waals surface area contributed by atoms with E-state index in [9.17, 15) is 5.26 Å². The Morgan fingerprint density at radius 3 is 2.75 bits per heavy atom. The largest absolute Gasteiger partial charge is 0.378 e. The second-order valence-corrected chi connectivity index (χ2v) is 6.19. The molecule has 1 fully saturated rings. The Labute approximate surface area is 145 Å². The van der Waals surface area contributed by atoms with Gasteiger partial charge in [-0.15, -0.1) is 0 Å². The predicted molar refractivity (Wildman–Crippen MR) is 94.8 cm³/mol. The molecule has 0 amide bonds. The summed E-state index contributed by atoms with van der Waals surface area (Å²) in [6, 6.07) is 10.2. The summed E-state index contributed by atoms with van der Waals surface area (Å²) in [6.45, 7) is 5.05. The number of benzene rings is 1. The third-order valence-corrected chi connectivity index (χ3v) is 4.94. The van der Waals surface area contributed by atoms with Crippen molar-refractivity contribution in [2.24, 2.45) is 0 Å². The molecular formula is C18H17ClN4O. The Morgan fingerprint density at radius 1 is 1.29 bits per heavy atom. The minimum Gasteiger partial charge on any atom is -0.378 e. The summed E-state index contributed by atoms with van der Waals surface area (Å²) in [4.78, 5) is 6.96. The quantitative estimate of drug-likeness (QED) is 0.717. The number of ether oxygens (including phenoxy) is 1. The molecule has 3 heterocycles. The van der Waals surface area contributed by atoms with Crippen LogP contribution in [0.3, 0.4) is 0 Å². The van der Waals surface area contributed by atoms with Crippen LogP contribution in [-0.2, 0) is 11.2 Å². The first-order valence-electron chi connectivity index (χ1n) is 8.10. The van der Waals surface area contributed by atoms with Gasteiger partial charge in [-0.3, -0.25) is 4.40 Å². The molecule has 0 atom stereocenters. The fourth-order valence-corrected chi connectivity index (χ4v) is 3.76. The number of morpholine rings is 1. The zero-order valence-corrected chi connectivity index (χ0v) is 14.2. The molecule has 2 aromatic heterocycles. The molecule has 3 aromatic rings. The number of nitrogens with zero attached hydrogens (tertiary/aromatic N) is 4. The van der Waals surface area contributed by atoms with E-state index in [1.807, 2.05) is 24.3 Å². The molecule has 0 saturated carbocycles. The van der Waals surface area contributed by atoms with Gasteiger partial charge in [-0.1, -0.05) is 30.7 Å². The average Bonchev–Trinajstić information content (AvgIpc) is 3.00. The normalized spacial score (nSPS) is 15.1. The van der Waals surface area contributed by atoms with Gasteiger partial charge < -0.3 is 9.64 Å². The topological polar surface area (TPSA) is 53.6 Å². The number of hydrogen-bond acceptors (Lipinski definition) is 4. The van der Waals surface area contributed by atoms with Crippen LogP contribution in [0.1, 0.15) is 18.1 Å². The van der Waals surface area contributed by atoms with Crippen molar-refractivity contribution in [3.8, 4) is 6.07 Å². The third kappa shape index (κ3) is 2.15. The highest BCUT2D eigenvalue weighted by molar-refractivity contribution is 6.33. The van der Waals surface area contributed by atoms with Crippen LogP contribution in [-0.4, -0.2) is 35.7 Å². The van der Waals surface area contributed by atoms with Gasteiger partial charge in [0.05, 0.1) is 29.3 Å². The maximum absolute atomic E-state index is 9.64. The fourth-order valence-electron chi connectivity index (χ4n) is 3.41. The van der Waals surface area contributed by atoms with Gasteiger partial charge in [0, 0.05) is 18.7 Å². The van der Waals surface area contributed by atoms with Gasteiger partial charge in [-0.2, -0.15) is 5.26 Å². The summed E-state index contributed by atoms with van der Waals surface area (Å²) >= 11 is 6.61. The number of aromatic nitrogens is 2. The van der Waals surface area contributed by atoms with E-state index in [1.165, 1.54) is 0 Å². The second-order valence-electron chi connectivity index (χ2n) is 5.82. The van der Waals surface area contributed by atoms with E-state index < -0.39 is 0 Å². The Kier molecular flexibility index (Phi) is 3.79. The van der Waals surface area contributed by atoms with Crippen LogP contribution in [0.15, 0.2) is 24.3 Å².